The maximum Gasteiger partial charge on any atom is 0.161 e. The Balaban J connectivity index is 3.46. The zero-order valence-corrected chi connectivity index (χ0v) is 6.79. The molecule has 1 atom stereocenters. The number of nitrogens with one attached hydrogen (secondary N) is 1. The molecule has 0 bridgehead atoms. The predicted molar refractivity (Wildman–Crippen MR) is 37.3 cm³/mol. The molecule has 0 aromatic rings. The average molecular weight is 200 g/mol. The molecule has 1 N–H and O–H groups in total. The van der Waals surface area contributed by atoms with Gasteiger partial charge in [-0.2, -0.15) is 0 Å². The van der Waals surface area contributed by atoms with Crippen LogP contribution in [0.2, 0.25) is 0 Å². The van der Waals surface area contributed by atoms with Gasteiger partial charge < -0.3 is 0 Å². The molecule has 0 amide bonds. The van der Waals surface area contributed by atoms with Crippen molar-refractivity contribution in [3.05, 3.63) is 0 Å². The van der Waals surface area contributed by atoms with Gasteiger partial charge in [0.1, 0.15) is 0 Å². The number of rotatable bonds is 3. The minimum absolute atomic E-state index is 0.0556. The van der Waals surface area contributed by atoms with Crippen LogP contribution in [0.4, 0.5) is 0 Å². The molecular formula is C4H7BrClNO. The summed E-state index contributed by atoms with van der Waals surface area (Å²) >= 11 is 8.14. The van der Waals surface area contributed by atoms with E-state index >= 15 is 0 Å². The van der Waals surface area contributed by atoms with Crippen molar-refractivity contribution < 1.29 is 4.79 Å². The molecule has 0 saturated carbocycles. The first-order chi connectivity index (χ1) is 3.72. The second kappa shape index (κ2) is 4.30. The first-order valence-electron chi connectivity index (χ1n) is 2.17. The lowest BCUT2D eigenvalue weighted by Gasteiger charge is -2.01. The maximum atomic E-state index is 10.5. The fourth-order valence-electron chi connectivity index (χ4n) is 0.177. The summed E-state index contributed by atoms with van der Waals surface area (Å²) in [5.74, 6) is 0.0556. The monoisotopic (exact) mass is 199 g/mol. The zero-order chi connectivity index (χ0) is 6.57. The highest BCUT2D eigenvalue weighted by Crippen LogP contribution is 1.89. The van der Waals surface area contributed by atoms with Crippen LogP contribution in [0.5, 0.6) is 0 Å². The highest BCUT2D eigenvalue weighted by atomic mass is 79.9. The molecule has 0 aliphatic carbocycles. The van der Waals surface area contributed by atoms with Crippen molar-refractivity contribution in [1.29, 1.82) is 0 Å². The Hall–Kier alpha value is 0.400. The first-order valence-corrected chi connectivity index (χ1v) is 3.67. The quantitative estimate of drug-likeness (QED) is 0.546. The van der Waals surface area contributed by atoms with E-state index in [-0.39, 0.29) is 11.8 Å². The fraction of sp³-hybridized carbons (Fsp3) is 0.750. The molecule has 0 rings (SSSR count). The van der Waals surface area contributed by atoms with E-state index in [4.69, 9.17) is 11.8 Å². The molecule has 0 aromatic carbocycles. The number of ketones is 1. The minimum atomic E-state index is -0.254. The Morgan fingerprint density at radius 3 is 2.62 bits per heavy atom. The number of hydrogen-bond acceptors (Lipinski definition) is 2. The number of Topliss-reactive ketones (excluding diaryl/α,β-unsaturated/α-hetero) is 1. The van der Waals surface area contributed by atoms with E-state index in [9.17, 15) is 4.79 Å². The van der Waals surface area contributed by atoms with Crippen molar-refractivity contribution in [2.24, 2.45) is 0 Å². The molecule has 48 valence electrons. The van der Waals surface area contributed by atoms with Crippen LogP contribution in [0.3, 0.4) is 0 Å². The van der Waals surface area contributed by atoms with E-state index in [0.29, 0.717) is 5.33 Å². The summed E-state index contributed by atoms with van der Waals surface area (Å²) in [6, 6.07) is -0.254. The lowest BCUT2D eigenvalue weighted by molar-refractivity contribution is -0.117. The van der Waals surface area contributed by atoms with Crippen molar-refractivity contribution >= 4 is 33.5 Å². The van der Waals surface area contributed by atoms with Crippen molar-refractivity contribution in [3.8, 4) is 0 Å². The molecule has 2 nitrogen and oxygen atoms in total. The topological polar surface area (TPSA) is 29.1 Å². The second-order valence-corrected chi connectivity index (χ2v) is 2.21. The highest BCUT2D eigenvalue weighted by Gasteiger charge is 2.07. The summed E-state index contributed by atoms with van der Waals surface area (Å²) in [5.41, 5.74) is 0. The predicted octanol–water partition coefficient (Wildman–Crippen LogP) is 1.08. The number of hydrogen-bond donors (Lipinski definition) is 1. The molecule has 0 aliphatic heterocycles. The lowest BCUT2D eigenvalue weighted by Crippen LogP contribution is -2.27. The van der Waals surface area contributed by atoms with Gasteiger partial charge in [-0.3, -0.25) is 4.79 Å². The van der Waals surface area contributed by atoms with E-state index in [1.807, 2.05) is 0 Å². The number of halogens is 2. The van der Waals surface area contributed by atoms with Crippen molar-refractivity contribution in [1.82, 2.24) is 4.84 Å². The number of alkyl halides is 1. The van der Waals surface area contributed by atoms with E-state index in [1.165, 1.54) is 0 Å². The van der Waals surface area contributed by atoms with Crippen LogP contribution >= 0.6 is 27.7 Å². The maximum absolute atomic E-state index is 10.5. The van der Waals surface area contributed by atoms with Crippen LogP contribution in [0.1, 0.15) is 6.92 Å². The third-order valence-electron chi connectivity index (χ3n) is 0.778. The standard InChI is InChI=1S/C4H7BrClNO/c1-3(7-6)4(8)2-5/h3,7H,2H2,1H3/t3-/m0/s1. The fourth-order valence-corrected chi connectivity index (χ4v) is 0.784. The lowest BCUT2D eigenvalue weighted by atomic mass is 10.3. The van der Waals surface area contributed by atoms with Gasteiger partial charge in [0.05, 0.1) is 11.4 Å². The smallest absolute Gasteiger partial charge is 0.161 e. The summed E-state index contributed by atoms with van der Waals surface area (Å²) < 4.78 is 0. The zero-order valence-electron chi connectivity index (χ0n) is 4.45. The molecule has 0 aromatic heterocycles. The van der Waals surface area contributed by atoms with Gasteiger partial charge in [0, 0.05) is 0 Å². The van der Waals surface area contributed by atoms with Crippen molar-refractivity contribution in [2.75, 3.05) is 5.33 Å². The Kier molecular flexibility index (Phi) is 4.51. The Bertz CT molecular complexity index is 88.1. The van der Waals surface area contributed by atoms with Gasteiger partial charge in [0.2, 0.25) is 0 Å². The Morgan fingerprint density at radius 1 is 2.00 bits per heavy atom. The first kappa shape index (κ1) is 8.40. The highest BCUT2D eigenvalue weighted by molar-refractivity contribution is 9.09. The van der Waals surface area contributed by atoms with Gasteiger partial charge in [-0.15, -0.1) is 0 Å². The third-order valence-corrected chi connectivity index (χ3v) is 1.66. The van der Waals surface area contributed by atoms with Gasteiger partial charge in [-0.1, -0.05) is 15.9 Å². The van der Waals surface area contributed by atoms with Crippen LogP contribution in [-0.4, -0.2) is 17.2 Å². The number of carbonyl (C=O) groups is 1. The minimum Gasteiger partial charge on any atom is -0.297 e. The molecule has 0 heterocycles. The molecular weight excluding hydrogens is 193 g/mol. The Labute approximate surface area is 61.8 Å². The molecule has 0 radical (unpaired) electrons. The summed E-state index contributed by atoms with van der Waals surface area (Å²) in [6.45, 7) is 1.70. The molecule has 8 heavy (non-hydrogen) atoms. The second-order valence-electron chi connectivity index (χ2n) is 1.43. The van der Waals surface area contributed by atoms with Gasteiger partial charge >= 0.3 is 0 Å². The summed E-state index contributed by atoms with van der Waals surface area (Å²) in [5, 5.41) is 0.355. The SMILES string of the molecule is C[C@H](NCl)C(=O)CBr. The Morgan fingerprint density at radius 2 is 2.50 bits per heavy atom. The van der Waals surface area contributed by atoms with E-state index < -0.39 is 0 Å². The van der Waals surface area contributed by atoms with Crippen LogP contribution in [0, 0.1) is 0 Å². The summed E-state index contributed by atoms with van der Waals surface area (Å²) in [7, 11) is 0. The van der Waals surface area contributed by atoms with Gasteiger partial charge in [0.25, 0.3) is 0 Å². The normalized spacial score (nSPS) is 13.4. The van der Waals surface area contributed by atoms with E-state index in [0.717, 1.165) is 0 Å². The van der Waals surface area contributed by atoms with Gasteiger partial charge in [-0.05, 0) is 18.7 Å². The van der Waals surface area contributed by atoms with Gasteiger partial charge in [-0.25, -0.2) is 4.84 Å². The molecule has 0 unspecified atom stereocenters. The molecule has 0 spiro atoms. The van der Waals surface area contributed by atoms with Crippen LogP contribution < -0.4 is 4.84 Å². The van der Waals surface area contributed by atoms with Gasteiger partial charge in [0.15, 0.2) is 5.78 Å². The summed E-state index contributed by atoms with van der Waals surface area (Å²) in [6.07, 6.45) is 0. The molecule has 0 fully saturated rings. The van der Waals surface area contributed by atoms with Crippen molar-refractivity contribution in [2.45, 2.75) is 13.0 Å². The van der Waals surface area contributed by atoms with E-state index in [1.54, 1.807) is 6.92 Å². The van der Waals surface area contributed by atoms with Crippen LogP contribution in [0.15, 0.2) is 0 Å². The molecule has 0 saturated heterocycles. The average Bonchev–Trinajstić information content (AvgIpc) is 1.84. The van der Waals surface area contributed by atoms with Crippen LogP contribution in [0.25, 0.3) is 0 Å². The summed E-state index contributed by atoms with van der Waals surface area (Å²) in [4.78, 5) is 12.9. The van der Waals surface area contributed by atoms with Crippen LogP contribution in [-0.2, 0) is 4.79 Å². The van der Waals surface area contributed by atoms with E-state index in [2.05, 4.69) is 20.8 Å². The largest absolute Gasteiger partial charge is 0.297 e. The number of carbonyl (C=O) groups excluding carboxylic acids is 1. The van der Waals surface area contributed by atoms with Crippen molar-refractivity contribution in [3.63, 3.8) is 0 Å². The molecule has 0 aliphatic rings. The third kappa shape index (κ3) is 2.64. The molecule has 4 heteroatoms.